The van der Waals surface area contributed by atoms with E-state index in [9.17, 15) is 9.59 Å². The molecule has 5 rings (SSSR count). The van der Waals surface area contributed by atoms with Gasteiger partial charge in [0.05, 0.1) is 34.1 Å². The van der Waals surface area contributed by atoms with Crippen LogP contribution in [-0.2, 0) is 9.53 Å². The number of aromatic amines is 1. The Labute approximate surface area is 173 Å². The predicted molar refractivity (Wildman–Crippen MR) is 114 cm³/mol. The minimum Gasteiger partial charge on any atom is -0.408 e. The van der Waals surface area contributed by atoms with Gasteiger partial charge in [-0.2, -0.15) is 0 Å². The SMILES string of the molecule is O=C(CSc1nc2ccc(-c3ccc4[nH]c(=O)oc4c3)cc2s1)NC1CCOC1. The molecule has 3 heterocycles. The number of thiazole rings is 1. The zero-order chi connectivity index (χ0) is 19.8. The first-order chi connectivity index (χ1) is 14.1. The van der Waals surface area contributed by atoms with Gasteiger partial charge in [0.1, 0.15) is 0 Å². The van der Waals surface area contributed by atoms with Crippen LogP contribution in [0.25, 0.3) is 32.4 Å². The zero-order valence-corrected chi connectivity index (χ0v) is 16.9. The van der Waals surface area contributed by atoms with E-state index in [0.717, 1.165) is 32.1 Å². The molecule has 1 saturated heterocycles. The van der Waals surface area contributed by atoms with Crippen LogP contribution in [0.3, 0.4) is 0 Å². The molecule has 148 valence electrons. The second-order valence-corrected chi connectivity index (χ2v) is 9.06. The summed E-state index contributed by atoms with van der Waals surface area (Å²) in [5.74, 6) is -0.111. The van der Waals surface area contributed by atoms with Crippen LogP contribution in [0.4, 0.5) is 0 Å². The van der Waals surface area contributed by atoms with E-state index in [2.05, 4.69) is 21.4 Å². The number of benzene rings is 2. The molecule has 1 aliphatic heterocycles. The Bertz CT molecular complexity index is 1250. The van der Waals surface area contributed by atoms with Crippen molar-refractivity contribution in [1.82, 2.24) is 15.3 Å². The van der Waals surface area contributed by atoms with E-state index in [4.69, 9.17) is 9.15 Å². The summed E-state index contributed by atoms with van der Waals surface area (Å²) in [5, 5.41) is 2.99. The lowest BCUT2D eigenvalue weighted by molar-refractivity contribution is -0.119. The summed E-state index contributed by atoms with van der Waals surface area (Å²) in [6.45, 7) is 1.31. The largest absolute Gasteiger partial charge is 0.417 e. The summed E-state index contributed by atoms with van der Waals surface area (Å²) in [6, 6.07) is 11.8. The monoisotopic (exact) mass is 427 g/mol. The molecule has 29 heavy (non-hydrogen) atoms. The van der Waals surface area contributed by atoms with E-state index in [1.807, 2.05) is 30.3 Å². The highest BCUT2D eigenvalue weighted by Crippen LogP contribution is 2.33. The van der Waals surface area contributed by atoms with Gasteiger partial charge in [-0.3, -0.25) is 9.78 Å². The summed E-state index contributed by atoms with van der Waals surface area (Å²) in [7, 11) is 0. The third kappa shape index (κ3) is 3.93. The Morgan fingerprint density at radius 3 is 3.00 bits per heavy atom. The van der Waals surface area contributed by atoms with Gasteiger partial charge in [0.2, 0.25) is 5.91 Å². The number of aromatic nitrogens is 2. The quantitative estimate of drug-likeness (QED) is 0.474. The van der Waals surface area contributed by atoms with Crippen LogP contribution in [0.2, 0.25) is 0 Å². The Hall–Kier alpha value is -2.62. The van der Waals surface area contributed by atoms with Gasteiger partial charge in [0, 0.05) is 6.61 Å². The first-order valence-corrected chi connectivity index (χ1v) is 11.0. The minimum atomic E-state index is -0.457. The predicted octanol–water partition coefficient (Wildman–Crippen LogP) is 3.40. The lowest BCUT2D eigenvalue weighted by Crippen LogP contribution is -2.36. The van der Waals surface area contributed by atoms with Gasteiger partial charge in [0.15, 0.2) is 9.92 Å². The number of ether oxygens (including phenoxy) is 1. The third-order valence-corrected chi connectivity index (χ3v) is 6.91. The smallest absolute Gasteiger partial charge is 0.408 e. The highest BCUT2D eigenvalue weighted by atomic mass is 32.2. The number of nitrogens with one attached hydrogen (secondary N) is 2. The second kappa shape index (κ2) is 7.66. The van der Waals surface area contributed by atoms with Crippen LogP contribution >= 0.6 is 23.1 Å². The van der Waals surface area contributed by atoms with Crippen LogP contribution in [0, 0.1) is 0 Å². The molecule has 1 unspecified atom stereocenters. The number of hydrogen-bond acceptors (Lipinski definition) is 7. The topological polar surface area (TPSA) is 97.2 Å². The molecule has 2 aromatic carbocycles. The highest BCUT2D eigenvalue weighted by molar-refractivity contribution is 8.01. The highest BCUT2D eigenvalue weighted by Gasteiger charge is 2.18. The Balaban J connectivity index is 1.32. The number of amides is 1. The number of rotatable bonds is 5. The average Bonchev–Trinajstić information content (AvgIpc) is 3.43. The van der Waals surface area contributed by atoms with Crippen molar-refractivity contribution in [3.8, 4) is 11.1 Å². The number of H-pyrrole nitrogens is 1. The van der Waals surface area contributed by atoms with Gasteiger partial charge >= 0.3 is 5.76 Å². The van der Waals surface area contributed by atoms with Crippen LogP contribution in [0.1, 0.15) is 6.42 Å². The Morgan fingerprint density at radius 2 is 2.14 bits per heavy atom. The van der Waals surface area contributed by atoms with Crippen molar-refractivity contribution >= 4 is 50.3 Å². The Kier molecular flexibility index (Phi) is 4.86. The molecule has 0 spiro atoms. The van der Waals surface area contributed by atoms with Gasteiger partial charge in [0.25, 0.3) is 0 Å². The molecule has 1 atom stereocenters. The molecule has 1 aliphatic rings. The fraction of sp³-hybridized carbons (Fsp3) is 0.250. The summed E-state index contributed by atoms with van der Waals surface area (Å²) < 4.78 is 12.3. The maximum atomic E-state index is 12.1. The molecule has 2 N–H and O–H groups in total. The standard InChI is InChI=1S/C20H17N3O4S2/c24-18(21-13-5-6-26-9-13)10-28-20-23-15-4-2-12(8-17(15)29-20)11-1-3-14-16(7-11)27-19(25)22-14/h1-4,7-8,13H,5-6,9-10H2,(H,21,24)(H,22,25). The maximum Gasteiger partial charge on any atom is 0.417 e. The number of thioether (sulfide) groups is 1. The van der Waals surface area contributed by atoms with Crippen LogP contribution in [-0.4, -0.2) is 40.9 Å². The zero-order valence-electron chi connectivity index (χ0n) is 15.3. The van der Waals surface area contributed by atoms with Crippen molar-refractivity contribution < 1.29 is 13.9 Å². The number of hydrogen-bond donors (Lipinski definition) is 2. The van der Waals surface area contributed by atoms with Gasteiger partial charge in [-0.15, -0.1) is 11.3 Å². The Morgan fingerprint density at radius 1 is 1.28 bits per heavy atom. The average molecular weight is 428 g/mol. The number of carbonyl (C=O) groups is 1. The number of fused-ring (bicyclic) bond motifs is 2. The van der Waals surface area contributed by atoms with Crippen molar-refractivity contribution in [2.75, 3.05) is 19.0 Å². The van der Waals surface area contributed by atoms with E-state index in [0.29, 0.717) is 30.1 Å². The van der Waals surface area contributed by atoms with E-state index >= 15 is 0 Å². The van der Waals surface area contributed by atoms with E-state index < -0.39 is 5.76 Å². The minimum absolute atomic E-state index is 0.00624. The fourth-order valence-corrected chi connectivity index (χ4v) is 5.23. The molecule has 2 aromatic heterocycles. The van der Waals surface area contributed by atoms with Crippen molar-refractivity contribution in [1.29, 1.82) is 0 Å². The van der Waals surface area contributed by atoms with Crippen LogP contribution in [0.5, 0.6) is 0 Å². The van der Waals surface area contributed by atoms with E-state index in [1.165, 1.54) is 11.8 Å². The number of oxazole rings is 1. The van der Waals surface area contributed by atoms with Crippen LogP contribution < -0.4 is 11.1 Å². The molecule has 4 aromatic rings. The molecule has 0 radical (unpaired) electrons. The lowest BCUT2D eigenvalue weighted by atomic mass is 10.1. The number of nitrogens with zero attached hydrogens (tertiary/aromatic N) is 1. The lowest BCUT2D eigenvalue weighted by Gasteiger charge is -2.09. The van der Waals surface area contributed by atoms with Gasteiger partial charge in [-0.1, -0.05) is 23.9 Å². The van der Waals surface area contributed by atoms with Crippen molar-refractivity contribution in [3.63, 3.8) is 0 Å². The van der Waals surface area contributed by atoms with Crippen molar-refractivity contribution in [2.45, 2.75) is 16.8 Å². The van der Waals surface area contributed by atoms with Gasteiger partial charge in [-0.05, 0) is 41.8 Å². The first kappa shape index (κ1) is 18.4. The molecule has 9 heteroatoms. The molecule has 0 aliphatic carbocycles. The molecule has 1 amide bonds. The third-order valence-electron chi connectivity index (χ3n) is 4.74. The molecule has 0 bridgehead atoms. The summed E-state index contributed by atoms with van der Waals surface area (Å²) >= 11 is 3.01. The normalized spacial score (nSPS) is 16.6. The fourth-order valence-electron chi connectivity index (χ4n) is 3.31. The molecule has 7 nitrogen and oxygen atoms in total. The molecule has 0 saturated carbocycles. The van der Waals surface area contributed by atoms with Gasteiger partial charge in [-0.25, -0.2) is 9.78 Å². The second-order valence-electron chi connectivity index (χ2n) is 6.80. The van der Waals surface area contributed by atoms with Gasteiger partial charge < -0.3 is 14.5 Å². The summed E-state index contributed by atoms with van der Waals surface area (Å²) in [5.41, 5.74) is 4.09. The molecule has 1 fully saturated rings. The summed E-state index contributed by atoms with van der Waals surface area (Å²) in [4.78, 5) is 30.7. The molecular weight excluding hydrogens is 410 g/mol. The van der Waals surface area contributed by atoms with Crippen molar-refractivity contribution in [2.24, 2.45) is 0 Å². The van der Waals surface area contributed by atoms with E-state index in [1.54, 1.807) is 11.3 Å². The maximum absolute atomic E-state index is 12.1. The van der Waals surface area contributed by atoms with Crippen molar-refractivity contribution in [3.05, 3.63) is 46.9 Å². The first-order valence-electron chi connectivity index (χ1n) is 9.18. The van der Waals surface area contributed by atoms with E-state index in [-0.39, 0.29) is 11.9 Å². The molecular formula is C20H17N3O4S2. The number of carbonyl (C=O) groups excluding carboxylic acids is 1. The summed E-state index contributed by atoms with van der Waals surface area (Å²) in [6.07, 6.45) is 0.873. The van der Waals surface area contributed by atoms with Crippen LogP contribution in [0.15, 0.2) is 49.9 Å².